The summed E-state index contributed by atoms with van der Waals surface area (Å²) in [6, 6.07) is 7.84. The maximum Gasteiger partial charge on any atom is 0.159 e. The van der Waals surface area contributed by atoms with Gasteiger partial charge < -0.3 is 10.0 Å². The Hall–Kier alpha value is -1.57. The normalized spacial score (nSPS) is 25.1. The third kappa shape index (κ3) is 4.70. The fourth-order valence-corrected chi connectivity index (χ4v) is 4.28. The van der Waals surface area contributed by atoms with Crippen LogP contribution < -0.4 is 0 Å². The largest absolute Gasteiger partial charge is 0.390 e. The first-order chi connectivity index (χ1) is 13.6. The van der Waals surface area contributed by atoms with Gasteiger partial charge in [-0.25, -0.2) is 9.97 Å². The Kier molecular flexibility index (Phi) is 6.23. The van der Waals surface area contributed by atoms with Crippen molar-refractivity contribution in [3.63, 3.8) is 0 Å². The van der Waals surface area contributed by atoms with Crippen LogP contribution in [0.25, 0.3) is 11.4 Å². The van der Waals surface area contributed by atoms with E-state index in [2.05, 4.69) is 31.7 Å². The summed E-state index contributed by atoms with van der Waals surface area (Å²) in [5.41, 5.74) is 2.03. The van der Waals surface area contributed by atoms with Gasteiger partial charge in [0.25, 0.3) is 0 Å². The van der Waals surface area contributed by atoms with Crippen molar-refractivity contribution in [1.29, 1.82) is 0 Å². The van der Waals surface area contributed by atoms with E-state index in [1.807, 2.05) is 36.7 Å². The van der Waals surface area contributed by atoms with Crippen molar-refractivity contribution in [1.82, 2.24) is 24.7 Å². The van der Waals surface area contributed by atoms with E-state index in [0.29, 0.717) is 17.4 Å². The number of piperazine rings is 1. The standard InChI is InChI=1S/C21H28ClN5O/c1-25-8-10-27(11-9-25)19-6-7-26(15-20(19)28)14-16-12-23-21(24-13-16)17-2-4-18(22)5-3-17/h2-5,12-13,19-20,28H,6-11,14-15H2,1H3/t19-,20-/m1/s1. The molecule has 4 rings (SSSR count). The van der Waals surface area contributed by atoms with E-state index < -0.39 is 0 Å². The molecule has 1 aromatic heterocycles. The van der Waals surface area contributed by atoms with E-state index in [0.717, 1.165) is 56.8 Å². The third-order valence-corrected chi connectivity index (χ3v) is 6.10. The van der Waals surface area contributed by atoms with Gasteiger partial charge in [0, 0.05) is 80.4 Å². The lowest BCUT2D eigenvalue weighted by atomic mass is 9.99. The van der Waals surface area contributed by atoms with Crippen molar-refractivity contribution in [3.8, 4) is 11.4 Å². The predicted octanol–water partition coefficient (Wildman–Crippen LogP) is 1.98. The number of benzene rings is 1. The highest BCUT2D eigenvalue weighted by Gasteiger charge is 2.33. The SMILES string of the molecule is CN1CCN([C@@H]2CCN(Cc3cnc(-c4ccc(Cl)cc4)nc3)C[C@H]2O)CC1. The van der Waals surface area contributed by atoms with E-state index in [1.54, 1.807) is 0 Å². The Bertz CT molecular complexity index is 761. The average Bonchev–Trinajstić information content (AvgIpc) is 2.70. The summed E-state index contributed by atoms with van der Waals surface area (Å²) in [6.45, 7) is 6.75. The lowest BCUT2D eigenvalue weighted by Crippen LogP contribution is -2.58. The molecule has 0 amide bonds. The molecule has 150 valence electrons. The number of hydrogen-bond donors (Lipinski definition) is 1. The molecule has 0 bridgehead atoms. The number of aliphatic hydroxyl groups excluding tert-OH is 1. The van der Waals surface area contributed by atoms with Crippen molar-refractivity contribution in [2.45, 2.75) is 25.1 Å². The molecule has 0 radical (unpaired) electrons. The molecule has 2 fully saturated rings. The molecule has 2 aromatic rings. The van der Waals surface area contributed by atoms with Crippen LogP contribution in [-0.4, -0.2) is 88.2 Å². The van der Waals surface area contributed by atoms with Crippen LogP contribution in [0, 0.1) is 0 Å². The van der Waals surface area contributed by atoms with Gasteiger partial charge in [0.15, 0.2) is 5.82 Å². The van der Waals surface area contributed by atoms with E-state index in [-0.39, 0.29) is 12.1 Å². The lowest BCUT2D eigenvalue weighted by molar-refractivity contribution is -0.0286. The van der Waals surface area contributed by atoms with Crippen LogP contribution in [0.3, 0.4) is 0 Å². The van der Waals surface area contributed by atoms with Crippen LogP contribution >= 0.6 is 11.6 Å². The number of aromatic nitrogens is 2. The third-order valence-electron chi connectivity index (χ3n) is 5.85. The number of halogens is 1. The van der Waals surface area contributed by atoms with Gasteiger partial charge in [-0.15, -0.1) is 0 Å². The number of hydrogen-bond acceptors (Lipinski definition) is 6. The number of likely N-dealkylation sites (N-methyl/N-ethyl adjacent to an activating group) is 1. The van der Waals surface area contributed by atoms with Gasteiger partial charge in [-0.1, -0.05) is 11.6 Å². The molecule has 2 atom stereocenters. The van der Waals surface area contributed by atoms with Crippen molar-refractivity contribution in [2.75, 3.05) is 46.3 Å². The molecular weight excluding hydrogens is 374 g/mol. The number of rotatable bonds is 4. The first-order valence-corrected chi connectivity index (χ1v) is 10.4. The molecule has 2 saturated heterocycles. The highest BCUT2D eigenvalue weighted by molar-refractivity contribution is 6.30. The summed E-state index contributed by atoms with van der Waals surface area (Å²) >= 11 is 5.94. The zero-order valence-electron chi connectivity index (χ0n) is 16.3. The summed E-state index contributed by atoms with van der Waals surface area (Å²) in [7, 11) is 2.16. The molecule has 3 heterocycles. The minimum Gasteiger partial charge on any atom is -0.390 e. The smallest absolute Gasteiger partial charge is 0.159 e. The number of nitrogens with zero attached hydrogens (tertiary/aromatic N) is 5. The minimum atomic E-state index is -0.300. The number of aliphatic hydroxyl groups is 1. The zero-order chi connectivity index (χ0) is 19.5. The second kappa shape index (κ2) is 8.84. The van der Waals surface area contributed by atoms with Gasteiger partial charge in [0.1, 0.15) is 0 Å². The monoisotopic (exact) mass is 401 g/mol. The second-order valence-corrected chi connectivity index (χ2v) is 8.36. The minimum absolute atomic E-state index is 0.286. The van der Waals surface area contributed by atoms with Gasteiger partial charge in [-0.3, -0.25) is 9.80 Å². The summed E-state index contributed by atoms with van der Waals surface area (Å²) in [5.74, 6) is 0.703. The maximum absolute atomic E-state index is 10.7. The number of likely N-dealkylation sites (tertiary alicyclic amines) is 1. The van der Waals surface area contributed by atoms with Crippen molar-refractivity contribution in [3.05, 3.63) is 47.2 Å². The van der Waals surface area contributed by atoms with Crippen LogP contribution in [0.15, 0.2) is 36.7 Å². The predicted molar refractivity (Wildman–Crippen MR) is 111 cm³/mol. The van der Waals surface area contributed by atoms with Crippen LogP contribution in [0.5, 0.6) is 0 Å². The molecule has 2 aliphatic rings. The molecule has 1 aromatic carbocycles. The van der Waals surface area contributed by atoms with E-state index >= 15 is 0 Å². The van der Waals surface area contributed by atoms with E-state index in [1.165, 1.54) is 0 Å². The molecule has 0 spiro atoms. The Labute approximate surface area is 171 Å². The Morgan fingerprint density at radius 1 is 1.04 bits per heavy atom. The first kappa shape index (κ1) is 19.7. The van der Waals surface area contributed by atoms with Crippen molar-refractivity contribution < 1.29 is 5.11 Å². The highest BCUT2D eigenvalue weighted by Crippen LogP contribution is 2.21. The van der Waals surface area contributed by atoms with Gasteiger partial charge in [0.05, 0.1) is 6.10 Å². The fourth-order valence-electron chi connectivity index (χ4n) is 4.15. The van der Waals surface area contributed by atoms with Gasteiger partial charge in [0.2, 0.25) is 0 Å². The topological polar surface area (TPSA) is 55.7 Å². The van der Waals surface area contributed by atoms with Gasteiger partial charge in [-0.2, -0.15) is 0 Å². The maximum atomic E-state index is 10.7. The van der Waals surface area contributed by atoms with Crippen LogP contribution in [0.2, 0.25) is 5.02 Å². The highest BCUT2D eigenvalue weighted by atomic mass is 35.5. The van der Waals surface area contributed by atoms with Crippen LogP contribution in [-0.2, 0) is 6.54 Å². The number of piperidine rings is 1. The summed E-state index contributed by atoms with van der Waals surface area (Å²) in [6.07, 6.45) is 4.48. The summed E-state index contributed by atoms with van der Waals surface area (Å²) in [4.78, 5) is 16.1. The summed E-state index contributed by atoms with van der Waals surface area (Å²) < 4.78 is 0. The first-order valence-electron chi connectivity index (χ1n) is 9.98. The second-order valence-electron chi connectivity index (χ2n) is 7.92. The van der Waals surface area contributed by atoms with E-state index in [9.17, 15) is 5.11 Å². The van der Waals surface area contributed by atoms with Crippen molar-refractivity contribution in [2.24, 2.45) is 0 Å². The molecule has 7 heteroatoms. The van der Waals surface area contributed by atoms with E-state index in [4.69, 9.17) is 11.6 Å². The molecule has 6 nitrogen and oxygen atoms in total. The molecular formula is C21H28ClN5O. The number of β-amino-alcohol motifs (C(OH)–C–C–N with tert-alkyl or cyclic N) is 1. The van der Waals surface area contributed by atoms with Crippen molar-refractivity contribution >= 4 is 11.6 Å². The molecule has 0 aliphatic carbocycles. The van der Waals surface area contributed by atoms with Gasteiger partial charge >= 0.3 is 0 Å². The Morgan fingerprint density at radius 2 is 1.71 bits per heavy atom. The fraction of sp³-hybridized carbons (Fsp3) is 0.524. The van der Waals surface area contributed by atoms with Crippen LogP contribution in [0.4, 0.5) is 0 Å². The Balaban J connectivity index is 1.32. The average molecular weight is 402 g/mol. The molecule has 0 saturated carbocycles. The molecule has 1 N–H and O–H groups in total. The molecule has 0 unspecified atom stereocenters. The Morgan fingerprint density at radius 3 is 2.36 bits per heavy atom. The zero-order valence-corrected chi connectivity index (χ0v) is 17.1. The molecule has 2 aliphatic heterocycles. The van der Waals surface area contributed by atoms with Gasteiger partial charge in [-0.05, 0) is 37.7 Å². The lowest BCUT2D eigenvalue weighted by Gasteiger charge is -2.44. The van der Waals surface area contributed by atoms with Crippen LogP contribution in [0.1, 0.15) is 12.0 Å². The summed E-state index contributed by atoms with van der Waals surface area (Å²) in [5, 5.41) is 11.4. The molecule has 28 heavy (non-hydrogen) atoms. The quantitative estimate of drug-likeness (QED) is 0.845.